The molecule has 0 radical (unpaired) electrons. The number of carbonyl (C=O) groups excluding carboxylic acids is 4. The van der Waals surface area contributed by atoms with Crippen LogP contribution in [-0.4, -0.2) is 78.3 Å². The van der Waals surface area contributed by atoms with Gasteiger partial charge in [0, 0.05) is 58.3 Å². The lowest BCUT2D eigenvalue weighted by molar-refractivity contribution is -0.162. The Balaban J connectivity index is 0.000000342. The van der Waals surface area contributed by atoms with E-state index in [4.69, 9.17) is 9.47 Å². The van der Waals surface area contributed by atoms with Crippen LogP contribution in [0.2, 0.25) is 0 Å². The minimum Gasteiger partial charge on any atom is -0.452 e. The summed E-state index contributed by atoms with van der Waals surface area (Å²) in [6.45, 7) is 9.33. The number of nitrogens with zero attached hydrogens (tertiary/aromatic N) is 3. The molecule has 0 aliphatic carbocycles. The summed E-state index contributed by atoms with van der Waals surface area (Å²) in [4.78, 5) is 52.3. The van der Waals surface area contributed by atoms with E-state index < -0.39 is 18.5 Å². The highest BCUT2D eigenvalue weighted by Crippen LogP contribution is 2.16. The Bertz CT molecular complexity index is 767. The lowest BCUT2D eigenvalue weighted by Gasteiger charge is -2.25. The van der Waals surface area contributed by atoms with Crippen LogP contribution in [0.5, 0.6) is 0 Å². The van der Waals surface area contributed by atoms with E-state index in [1.54, 1.807) is 25.1 Å². The molecule has 2 unspecified atom stereocenters. The second-order valence-corrected chi connectivity index (χ2v) is 8.22. The van der Waals surface area contributed by atoms with Crippen molar-refractivity contribution in [2.75, 3.05) is 26.7 Å². The molecule has 0 spiro atoms. The zero-order valence-corrected chi connectivity index (χ0v) is 20.8. The number of amides is 2. The molecule has 0 aromatic carbocycles. The number of hydrogen-bond donors (Lipinski definition) is 0. The molecular formula is C24H37N3O7. The fourth-order valence-electron chi connectivity index (χ4n) is 3.07. The third-order valence-corrected chi connectivity index (χ3v) is 5.07. The Kier molecular flexibility index (Phi) is 13.3. The van der Waals surface area contributed by atoms with Crippen molar-refractivity contribution in [2.24, 2.45) is 5.92 Å². The normalized spacial score (nSPS) is 14.4. The van der Waals surface area contributed by atoms with Crippen molar-refractivity contribution in [3.8, 4) is 0 Å². The minimum absolute atomic E-state index is 0.0311. The summed E-state index contributed by atoms with van der Waals surface area (Å²) in [5.74, 6) is -0.302. The van der Waals surface area contributed by atoms with Crippen LogP contribution in [0.1, 0.15) is 52.7 Å². The van der Waals surface area contributed by atoms with Gasteiger partial charge in [0.2, 0.25) is 6.29 Å². The molecular weight excluding hydrogens is 442 g/mol. The first kappa shape index (κ1) is 28.9. The fourth-order valence-corrected chi connectivity index (χ4v) is 3.07. The first-order valence-electron chi connectivity index (χ1n) is 11.6. The van der Waals surface area contributed by atoms with E-state index in [1.807, 2.05) is 32.0 Å². The van der Waals surface area contributed by atoms with Crippen molar-refractivity contribution in [3.05, 3.63) is 30.1 Å². The topological polar surface area (TPSA) is 115 Å². The molecule has 10 heteroatoms. The smallest absolute Gasteiger partial charge is 0.412 e. The van der Waals surface area contributed by atoms with Gasteiger partial charge in [-0.2, -0.15) is 0 Å². The van der Waals surface area contributed by atoms with E-state index in [-0.39, 0.29) is 24.3 Å². The maximum absolute atomic E-state index is 12.1. The molecule has 1 fully saturated rings. The molecule has 1 aliphatic rings. The molecule has 1 aromatic heterocycles. The zero-order valence-electron chi connectivity index (χ0n) is 20.8. The summed E-state index contributed by atoms with van der Waals surface area (Å²) in [5.41, 5.74) is 0.898. The summed E-state index contributed by atoms with van der Waals surface area (Å²) in [5, 5.41) is 0. The number of ether oxygens (including phenoxy) is 3. The first-order valence-corrected chi connectivity index (χ1v) is 11.6. The minimum atomic E-state index is -0.882. The van der Waals surface area contributed by atoms with Crippen LogP contribution in [-0.2, 0) is 35.0 Å². The number of aromatic nitrogens is 1. The van der Waals surface area contributed by atoms with Crippen LogP contribution < -0.4 is 0 Å². The van der Waals surface area contributed by atoms with Gasteiger partial charge in [-0.3, -0.25) is 19.4 Å². The molecule has 2 amide bonds. The van der Waals surface area contributed by atoms with Crippen LogP contribution >= 0.6 is 0 Å². The van der Waals surface area contributed by atoms with Crippen LogP contribution in [0.3, 0.4) is 0 Å². The highest BCUT2D eigenvalue weighted by Gasteiger charge is 2.31. The van der Waals surface area contributed by atoms with E-state index in [9.17, 15) is 19.2 Å². The molecule has 10 nitrogen and oxygen atoms in total. The standard InChI is InChI=1S/C12H16N2O4.C12H21NO3/c1-10(17-9-15)18-12(16)14(2)8-6-11-5-3-4-7-13-11;1-4-10(14)16-11(9(2)3)12(15)13-7-5-6-8-13/h3-5,7,9-10H,6,8H2,1-2H3;9,11H,4-8H2,1-3H3. The van der Waals surface area contributed by atoms with Gasteiger partial charge in [-0.25, -0.2) is 4.79 Å². The molecule has 2 rings (SSSR count). The third-order valence-electron chi connectivity index (χ3n) is 5.07. The van der Waals surface area contributed by atoms with Crippen molar-refractivity contribution in [1.82, 2.24) is 14.8 Å². The summed E-state index contributed by atoms with van der Waals surface area (Å²) < 4.78 is 14.5. The maximum atomic E-state index is 12.1. The van der Waals surface area contributed by atoms with Crippen molar-refractivity contribution in [1.29, 1.82) is 0 Å². The van der Waals surface area contributed by atoms with Gasteiger partial charge in [0.25, 0.3) is 12.4 Å². The van der Waals surface area contributed by atoms with Gasteiger partial charge in [0.05, 0.1) is 0 Å². The Morgan fingerprint density at radius 1 is 1.15 bits per heavy atom. The quantitative estimate of drug-likeness (QED) is 0.286. The van der Waals surface area contributed by atoms with Gasteiger partial charge in [-0.15, -0.1) is 0 Å². The van der Waals surface area contributed by atoms with Gasteiger partial charge in [-0.1, -0.05) is 26.8 Å². The SMILES string of the molecule is CC(OC=O)OC(=O)N(C)CCc1ccccn1.CCC(=O)OC(C(=O)N1CCCC1)C(C)C. The van der Waals surface area contributed by atoms with Gasteiger partial charge < -0.3 is 24.0 Å². The zero-order chi connectivity index (χ0) is 25.5. The molecule has 2 heterocycles. The van der Waals surface area contributed by atoms with E-state index >= 15 is 0 Å². The Morgan fingerprint density at radius 3 is 2.35 bits per heavy atom. The number of esters is 1. The Labute approximate surface area is 201 Å². The molecule has 1 saturated heterocycles. The Morgan fingerprint density at radius 2 is 1.82 bits per heavy atom. The summed E-state index contributed by atoms with van der Waals surface area (Å²) >= 11 is 0. The van der Waals surface area contributed by atoms with Gasteiger partial charge >= 0.3 is 12.1 Å². The maximum Gasteiger partial charge on any atom is 0.412 e. The second kappa shape index (κ2) is 15.6. The van der Waals surface area contributed by atoms with E-state index in [2.05, 4.69) is 9.72 Å². The van der Waals surface area contributed by atoms with Crippen molar-refractivity contribution in [3.63, 3.8) is 0 Å². The fraction of sp³-hybridized carbons (Fsp3) is 0.625. The van der Waals surface area contributed by atoms with E-state index in [1.165, 1.54) is 11.8 Å². The van der Waals surface area contributed by atoms with Gasteiger partial charge in [-0.05, 0) is 30.9 Å². The number of carbonyl (C=O) groups is 4. The molecule has 2 atom stereocenters. The summed E-state index contributed by atoms with van der Waals surface area (Å²) in [6, 6.07) is 5.61. The second-order valence-electron chi connectivity index (χ2n) is 8.22. The van der Waals surface area contributed by atoms with Crippen LogP contribution in [0.25, 0.3) is 0 Å². The molecule has 1 aliphatic heterocycles. The van der Waals surface area contributed by atoms with Crippen LogP contribution in [0, 0.1) is 5.92 Å². The lowest BCUT2D eigenvalue weighted by Crippen LogP contribution is -2.42. The predicted octanol–water partition coefficient (Wildman–Crippen LogP) is 2.80. The molecule has 34 heavy (non-hydrogen) atoms. The number of likely N-dealkylation sites (N-methyl/N-ethyl adjacent to an activating group) is 1. The molecule has 0 N–H and O–H groups in total. The number of rotatable bonds is 10. The summed E-state index contributed by atoms with van der Waals surface area (Å²) in [7, 11) is 1.61. The largest absolute Gasteiger partial charge is 0.452 e. The van der Waals surface area contributed by atoms with E-state index in [0.29, 0.717) is 19.4 Å². The third kappa shape index (κ3) is 10.6. The van der Waals surface area contributed by atoms with Crippen molar-refractivity contribution < 1.29 is 33.4 Å². The molecule has 190 valence electrons. The van der Waals surface area contributed by atoms with Gasteiger partial charge in [0.15, 0.2) is 6.10 Å². The molecule has 0 bridgehead atoms. The number of hydrogen-bond acceptors (Lipinski definition) is 8. The van der Waals surface area contributed by atoms with Crippen LogP contribution in [0.15, 0.2) is 24.4 Å². The molecule has 0 saturated carbocycles. The van der Waals surface area contributed by atoms with E-state index in [0.717, 1.165) is 31.6 Å². The lowest BCUT2D eigenvalue weighted by atomic mass is 10.1. The number of pyridine rings is 1. The average molecular weight is 480 g/mol. The van der Waals surface area contributed by atoms with Crippen molar-refractivity contribution in [2.45, 2.75) is 65.8 Å². The first-order chi connectivity index (χ1) is 16.2. The van der Waals surface area contributed by atoms with Crippen molar-refractivity contribution >= 4 is 24.4 Å². The van der Waals surface area contributed by atoms with Crippen LogP contribution in [0.4, 0.5) is 4.79 Å². The number of likely N-dealkylation sites (tertiary alicyclic amines) is 1. The predicted molar refractivity (Wildman–Crippen MR) is 124 cm³/mol. The highest BCUT2D eigenvalue weighted by atomic mass is 16.7. The Hall–Kier alpha value is -3.17. The average Bonchev–Trinajstić information content (AvgIpc) is 3.36. The van der Waals surface area contributed by atoms with Gasteiger partial charge in [0.1, 0.15) is 0 Å². The molecule has 1 aromatic rings. The summed E-state index contributed by atoms with van der Waals surface area (Å²) in [6.07, 6.45) is 2.73. The highest BCUT2D eigenvalue weighted by molar-refractivity contribution is 5.84. The monoisotopic (exact) mass is 479 g/mol.